The van der Waals surface area contributed by atoms with Crippen LogP contribution in [0, 0.1) is 5.92 Å². The fraction of sp³-hybridized carbons (Fsp3) is 0.318. The number of anilines is 1. The van der Waals surface area contributed by atoms with Gasteiger partial charge in [0.15, 0.2) is 0 Å². The van der Waals surface area contributed by atoms with E-state index in [1.165, 1.54) is 0 Å². The molecular weight excluding hydrogens is 386 g/mol. The third kappa shape index (κ3) is 4.15. The topological polar surface area (TPSA) is 83.7 Å². The SMILES string of the molecule is NC(=O)C1CCN(C(=O)c2cccc(CN3C(=O)CSc4ccccc43)c2)CC1. The molecule has 0 bridgehead atoms. The molecule has 7 heteroatoms. The van der Waals surface area contributed by atoms with Crippen LogP contribution in [-0.4, -0.2) is 41.5 Å². The van der Waals surface area contributed by atoms with Crippen LogP contribution in [-0.2, 0) is 16.1 Å². The fourth-order valence-corrected chi connectivity index (χ4v) is 4.80. The highest BCUT2D eigenvalue weighted by atomic mass is 32.2. The molecule has 2 aromatic carbocycles. The molecule has 2 N–H and O–H groups in total. The minimum absolute atomic E-state index is 0.0457. The van der Waals surface area contributed by atoms with E-state index in [4.69, 9.17) is 5.73 Å². The van der Waals surface area contributed by atoms with Gasteiger partial charge in [0, 0.05) is 29.5 Å². The number of carbonyl (C=O) groups excluding carboxylic acids is 3. The van der Waals surface area contributed by atoms with Crippen LogP contribution in [0.2, 0.25) is 0 Å². The van der Waals surface area contributed by atoms with E-state index in [9.17, 15) is 14.4 Å². The van der Waals surface area contributed by atoms with Gasteiger partial charge in [0.2, 0.25) is 11.8 Å². The van der Waals surface area contributed by atoms with Gasteiger partial charge in [-0.2, -0.15) is 0 Å². The average Bonchev–Trinajstić information content (AvgIpc) is 2.75. The number of primary amides is 1. The largest absolute Gasteiger partial charge is 0.369 e. The van der Waals surface area contributed by atoms with Gasteiger partial charge in [0.25, 0.3) is 5.91 Å². The van der Waals surface area contributed by atoms with E-state index < -0.39 is 0 Å². The van der Waals surface area contributed by atoms with E-state index in [1.54, 1.807) is 27.6 Å². The van der Waals surface area contributed by atoms with Gasteiger partial charge in [-0.05, 0) is 42.7 Å². The van der Waals surface area contributed by atoms with Crippen LogP contribution < -0.4 is 10.6 Å². The normalized spacial score (nSPS) is 17.2. The summed E-state index contributed by atoms with van der Waals surface area (Å²) in [6.07, 6.45) is 1.22. The highest BCUT2D eigenvalue weighted by molar-refractivity contribution is 8.00. The molecule has 0 atom stereocenters. The summed E-state index contributed by atoms with van der Waals surface area (Å²) in [6, 6.07) is 15.3. The van der Waals surface area contributed by atoms with Crippen molar-refractivity contribution in [3.05, 3.63) is 59.7 Å². The van der Waals surface area contributed by atoms with Gasteiger partial charge < -0.3 is 15.5 Å². The zero-order chi connectivity index (χ0) is 20.4. The second kappa shape index (κ2) is 8.29. The van der Waals surface area contributed by atoms with Gasteiger partial charge in [-0.15, -0.1) is 11.8 Å². The van der Waals surface area contributed by atoms with E-state index in [0.29, 0.717) is 43.8 Å². The summed E-state index contributed by atoms with van der Waals surface area (Å²) < 4.78 is 0. The third-order valence-corrected chi connectivity index (χ3v) is 6.55. The second-order valence-corrected chi connectivity index (χ2v) is 8.42. The Morgan fingerprint density at radius 2 is 1.83 bits per heavy atom. The zero-order valence-corrected chi connectivity index (χ0v) is 16.9. The van der Waals surface area contributed by atoms with Crippen molar-refractivity contribution < 1.29 is 14.4 Å². The number of nitrogens with two attached hydrogens (primary N) is 1. The van der Waals surface area contributed by atoms with Gasteiger partial charge in [0.1, 0.15) is 0 Å². The van der Waals surface area contributed by atoms with E-state index in [2.05, 4.69) is 0 Å². The Balaban J connectivity index is 1.49. The Morgan fingerprint density at radius 3 is 2.59 bits per heavy atom. The molecule has 0 radical (unpaired) electrons. The predicted molar refractivity (Wildman–Crippen MR) is 113 cm³/mol. The number of thioether (sulfide) groups is 1. The molecule has 29 heavy (non-hydrogen) atoms. The van der Waals surface area contributed by atoms with Crippen LogP contribution in [0.3, 0.4) is 0 Å². The monoisotopic (exact) mass is 409 g/mol. The Morgan fingerprint density at radius 1 is 1.07 bits per heavy atom. The molecule has 0 aromatic heterocycles. The summed E-state index contributed by atoms with van der Waals surface area (Å²) in [4.78, 5) is 41.4. The number of carbonyl (C=O) groups is 3. The van der Waals surface area contributed by atoms with Crippen molar-refractivity contribution in [1.29, 1.82) is 0 Å². The fourth-order valence-electron chi connectivity index (χ4n) is 3.86. The number of likely N-dealkylation sites (tertiary alicyclic amines) is 1. The minimum atomic E-state index is -0.288. The molecule has 1 fully saturated rings. The molecule has 2 heterocycles. The minimum Gasteiger partial charge on any atom is -0.369 e. The molecule has 150 valence electrons. The molecule has 4 rings (SSSR count). The lowest BCUT2D eigenvalue weighted by Gasteiger charge is -2.31. The van der Waals surface area contributed by atoms with Crippen molar-refractivity contribution in [2.75, 3.05) is 23.7 Å². The molecule has 0 spiro atoms. The highest BCUT2D eigenvalue weighted by Crippen LogP contribution is 2.35. The number of hydrogen-bond acceptors (Lipinski definition) is 4. The number of piperidine rings is 1. The van der Waals surface area contributed by atoms with E-state index in [-0.39, 0.29) is 23.6 Å². The maximum atomic E-state index is 12.9. The number of amides is 3. The van der Waals surface area contributed by atoms with E-state index in [1.807, 2.05) is 42.5 Å². The number of benzene rings is 2. The van der Waals surface area contributed by atoms with Crippen LogP contribution in [0.5, 0.6) is 0 Å². The van der Waals surface area contributed by atoms with Gasteiger partial charge in [-0.25, -0.2) is 0 Å². The quantitative estimate of drug-likeness (QED) is 0.842. The van der Waals surface area contributed by atoms with E-state index in [0.717, 1.165) is 16.1 Å². The van der Waals surface area contributed by atoms with Crippen LogP contribution in [0.15, 0.2) is 53.4 Å². The second-order valence-electron chi connectivity index (χ2n) is 7.41. The first kappa shape index (κ1) is 19.5. The first-order valence-electron chi connectivity index (χ1n) is 9.72. The lowest BCUT2D eigenvalue weighted by Crippen LogP contribution is -2.41. The summed E-state index contributed by atoms with van der Waals surface area (Å²) in [6.45, 7) is 1.50. The first-order valence-corrected chi connectivity index (χ1v) is 10.7. The number of nitrogens with zero attached hydrogens (tertiary/aromatic N) is 2. The Hall–Kier alpha value is -2.80. The van der Waals surface area contributed by atoms with Crippen LogP contribution in [0.4, 0.5) is 5.69 Å². The molecule has 2 aliphatic heterocycles. The molecule has 3 amide bonds. The van der Waals surface area contributed by atoms with Crippen molar-refractivity contribution in [2.45, 2.75) is 24.3 Å². The molecule has 0 aliphatic carbocycles. The van der Waals surface area contributed by atoms with E-state index >= 15 is 0 Å². The Bertz CT molecular complexity index is 954. The van der Waals surface area contributed by atoms with Gasteiger partial charge in [-0.3, -0.25) is 14.4 Å². The van der Waals surface area contributed by atoms with Gasteiger partial charge in [-0.1, -0.05) is 24.3 Å². The number of rotatable bonds is 4. The lowest BCUT2D eigenvalue weighted by atomic mass is 9.95. The molecule has 1 saturated heterocycles. The molecule has 0 unspecified atom stereocenters. The van der Waals surface area contributed by atoms with Crippen molar-refractivity contribution in [3.63, 3.8) is 0 Å². The Labute approximate surface area is 174 Å². The first-order chi connectivity index (χ1) is 14.0. The van der Waals surface area contributed by atoms with Crippen LogP contribution in [0.25, 0.3) is 0 Å². The molecular formula is C22H23N3O3S. The van der Waals surface area contributed by atoms with Gasteiger partial charge >= 0.3 is 0 Å². The molecule has 6 nitrogen and oxygen atoms in total. The number of fused-ring (bicyclic) bond motifs is 1. The van der Waals surface area contributed by atoms with Crippen molar-refractivity contribution in [1.82, 2.24) is 4.90 Å². The summed E-state index contributed by atoms with van der Waals surface area (Å²) in [5, 5.41) is 0. The highest BCUT2D eigenvalue weighted by Gasteiger charge is 2.27. The number of para-hydroxylation sites is 1. The summed E-state index contributed by atoms with van der Waals surface area (Å²) in [7, 11) is 0. The smallest absolute Gasteiger partial charge is 0.253 e. The maximum absolute atomic E-state index is 12.9. The zero-order valence-electron chi connectivity index (χ0n) is 16.0. The third-order valence-electron chi connectivity index (χ3n) is 5.51. The predicted octanol–water partition coefficient (Wildman–Crippen LogP) is 2.66. The number of hydrogen-bond donors (Lipinski definition) is 1. The summed E-state index contributed by atoms with van der Waals surface area (Å²) >= 11 is 1.56. The maximum Gasteiger partial charge on any atom is 0.253 e. The molecule has 0 saturated carbocycles. The lowest BCUT2D eigenvalue weighted by molar-refractivity contribution is -0.123. The summed E-state index contributed by atoms with van der Waals surface area (Å²) in [5.74, 6) is 0.0107. The van der Waals surface area contributed by atoms with Crippen molar-refractivity contribution in [3.8, 4) is 0 Å². The Kier molecular flexibility index (Phi) is 5.58. The molecule has 2 aromatic rings. The van der Waals surface area contributed by atoms with Gasteiger partial charge in [0.05, 0.1) is 18.0 Å². The average molecular weight is 410 g/mol. The summed E-state index contributed by atoms with van der Waals surface area (Å²) in [5.41, 5.74) is 7.81. The molecule has 2 aliphatic rings. The standard InChI is InChI=1S/C22H23N3O3S/c23-21(27)16-8-10-24(11-9-16)22(28)17-5-3-4-15(12-17)13-25-18-6-1-2-7-19(18)29-14-20(25)26/h1-7,12,16H,8-11,13-14H2,(H2,23,27). The van der Waals surface area contributed by atoms with Crippen LogP contribution in [0.1, 0.15) is 28.8 Å². The van der Waals surface area contributed by atoms with Crippen LogP contribution >= 0.6 is 11.8 Å². The van der Waals surface area contributed by atoms with Crippen molar-refractivity contribution >= 4 is 35.2 Å². The van der Waals surface area contributed by atoms with Crippen molar-refractivity contribution in [2.24, 2.45) is 11.7 Å².